The van der Waals surface area contributed by atoms with Gasteiger partial charge in [0, 0.05) is 0 Å². The Kier molecular flexibility index (Phi) is 7.91. The van der Waals surface area contributed by atoms with E-state index in [1.54, 1.807) is 0 Å². The van der Waals surface area contributed by atoms with Crippen LogP contribution in [0.1, 0.15) is 0 Å². The van der Waals surface area contributed by atoms with Crippen molar-refractivity contribution in [1.29, 1.82) is 0 Å². The Morgan fingerprint density at radius 2 is 1.77 bits per heavy atom. The quantitative estimate of drug-likeness (QED) is 0.199. The highest BCUT2D eigenvalue weighted by atomic mass is 19.4. The molecule has 0 aliphatic heterocycles. The predicted octanol–water partition coefficient (Wildman–Crippen LogP) is -2.07. The van der Waals surface area contributed by atoms with Crippen molar-refractivity contribution in [1.82, 2.24) is 20.1 Å². The molecule has 11 heteroatoms. The van der Waals surface area contributed by atoms with Crippen LogP contribution < -0.4 is 9.54 Å². The fourth-order valence-corrected chi connectivity index (χ4v) is 1.56. The largest absolute Gasteiger partial charge is 1.00 e. The van der Waals surface area contributed by atoms with Crippen LogP contribution in [0.4, 0.5) is 12.9 Å². The Bertz CT molecular complexity index is 613. The molecule has 1 aromatic heterocycles. The Morgan fingerprint density at radius 1 is 1.23 bits per heavy atom. The minimum Gasteiger partial charge on any atom is -1.00 e. The number of hydrogen-bond donors (Lipinski definition) is 0. The highest BCUT2D eigenvalue weighted by Gasteiger charge is 2.17. The van der Waals surface area contributed by atoms with Crippen molar-refractivity contribution in [2.45, 2.75) is 0 Å². The third-order valence-corrected chi connectivity index (χ3v) is 2.25. The zero-order valence-electron chi connectivity index (χ0n) is 12.5. The number of benzene rings is 1. The lowest BCUT2D eigenvalue weighted by molar-refractivity contribution is -0.480. The molecule has 2 aromatic rings. The fourth-order valence-electron chi connectivity index (χ4n) is 1.56. The zero-order valence-corrected chi connectivity index (χ0v) is 12.5. The smallest absolute Gasteiger partial charge is 0.762 e. The Hall–Kier alpha value is -2.33. The molecule has 0 saturated carbocycles. The van der Waals surface area contributed by atoms with Gasteiger partial charge in [0.25, 0.3) is 0 Å². The molecule has 0 saturated heterocycles. The Morgan fingerprint density at radius 3 is 2.27 bits per heavy atom. The Balaban J connectivity index is 0.000000791. The summed E-state index contributed by atoms with van der Waals surface area (Å²) in [5.74, 6) is 0. The van der Waals surface area contributed by atoms with E-state index in [-0.39, 0.29) is 4.70 Å². The van der Waals surface area contributed by atoms with Crippen LogP contribution in [-0.4, -0.2) is 66.4 Å². The second-order valence-electron chi connectivity index (χ2n) is 4.36. The van der Waals surface area contributed by atoms with Crippen molar-refractivity contribution in [3.05, 3.63) is 24.3 Å². The van der Waals surface area contributed by atoms with E-state index < -0.39 is 7.54 Å². The van der Waals surface area contributed by atoms with E-state index in [2.05, 4.69) is 10.3 Å². The van der Waals surface area contributed by atoms with Gasteiger partial charge in [-0.1, -0.05) is 17.0 Å². The lowest BCUT2D eigenvalue weighted by atomic mass is 10.3. The topological polar surface area (TPSA) is 46.2 Å². The molecule has 0 spiro atoms. The van der Waals surface area contributed by atoms with Crippen LogP contribution in [0.25, 0.3) is 11.0 Å². The van der Waals surface area contributed by atoms with E-state index in [1.807, 2.05) is 61.9 Å². The second-order valence-corrected chi connectivity index (χ2v) is 4.36. The van der Waals surface area contributed by atoms with E-state index in [0.717, 1.165) is 11.0 Å². The van der Waals surface area contributed by atoms with Crippen molar-refractivity contribution in [3.63, 3.8) is 0 Å². The first-order valence-corrected chi connectivity index (χ1v) is 5.95. The molecule has 0 fully saturated rings. The van der Waals surface area contributed by atoms with Gasteiger partial charge < -0.3 is 4.70 Å². The van der Waals surface area contributed by atoms with Gasteiger partial charge in [0.05, 0.1) is 28.2 Å². The second kappa shape index (κ2) is 8.85. The van der Waals surface area contributed by atoms with E-state index in [1.165, 1.54) is 4.85 Å². The Labute approximate surface area is 125 Å². The van der Waals surface area contributed by atoms with Gasteiger partial charge in [-0.05, 0) is 17.3 Å². The maximum Gasteiger partial charge on any atom is 0.762 e. The predicted molar refractivity (Wildman–Crippen MR) is 74.0 cm³/mol. The molecule has 6 nitrogen and oxygen atoms in total. The molecule has 0 bridgehead atoms. The van der Waals surface area contributed by atoms with Crippen LogP contribution in [0.5, 0.6) is 0 Å². The molecule has 122 valence electrons. The van der Waals surface area contributed by atoms with Gasteiger partial charge in [0.1, 0.15) is 11.0 Å². The zero-order chi connectivity index (χ0) is 16.0. The normalized spacial score (nSPS) is 9.23. The molecule has 0 atom stereocenters. The lowest BCUT2D eigenvalue weighted by Crippen LogP contribution is -3.00. The molecule has 2 rings (SSSR count). The molecule has 1 heterocycles. The molecule has 0 amide bonds. The molecular weight excluding hydrogens is 305 g/mol. The van der Waals surface area contributed by atoms with Gasteiger partial charge in [0.15, 0.2) is 0 Å². The minimum atomic E-state index is -3.67. The summed E-state index contributed by atoms with van der Waals surface area (Å²) in [7, 11) is 3.98. The van der Waals surface area contributed by atoms with Crippen molar-refractivity contribution in [3.8, 4) is 0 Å². The molecule has 1 aromatic carbocycles. The number of aromatic nitrogens is 3. The van der Waals surface area contributed by atoms with Gasteiger partial charge in [-0.15, -0.1) is 5.10 Å². The van der Waals surface area contributed by atoms with Crippen LogP contribution >= 0.6 is 0 Å². The van der Waals surface area contributed by atoms with Gasteiger partial charge >= 0.3 is 13.6 Å². The monoisotopic (exact) mass is 321 g/mol. The standard InChI is InChI=1S/C11H16N5O.BF3.FH/c1-14(2)11(15(3)4)17-16-10-8-6-5-7-9(10)12-13-16;2-1(3)4;/h5-8H,1-4H3;;1H/q+1;;/p-1. The minimum absolute atomic E-state index is 0. The van der Waals surface area contributed by atoms with Gasteiger partial charge in [-0.2, -0.15) is 0 Å². The summed E-state index contributed by atoms with van der Waals surface area (Å²) in [4.78, 5) is 8.99. The SMILES string of the molecule is CN(C)C(On1nnc2ccccc21)=[N+](C)C.FB(F)F.[F-]. The van der Waals surface area contributed by atoms with E-state index >= 15 is 0 Å². The summed E-state index contributed by atoms with van der Waals surface area (Å²) in [6.07, 6.45) is 0. The van der Waals surface area contributed by atoms with Gasteiger partial charge in [-0.3, -0.25) is 17.8 Å². The number of fused-ring (bicyclic) bond motifs is 1. The summed E-state index contributed by atoms with van der Waals surface area (Å²) in [6, 6.07) is 8.34. The van der Waals surface area contributed by atoms with Crippen LogP contribution in [0.3, 0.4) is 0 Å². The van der Waals surface area contributed by atoms with Crippen molar-refractivity contribution < 1.29 is 27.1 Å². The number of rotatable bonds is 1. The molecule has 22 heavy (non-hydrogen) atoms. The van der Waals surface area contributed by atoms with Crippen molar-refractivity contribution in [2.24, 2.45) is 0 Å². The third kappa shape index (κ3) is 5.58. The average Bonchev–Trinajstić information content (AvgIpc) is 2.77. The van der Waals surface area contributed by atoms with Crippen LogP contribution in [0, 0.1) is 0 Å². The van der Waals surface area contributed by atoms with Gasteiger partial charge in [0.2, 0.25) is 0 Å². The summed E-state index contributed by atoms with van der Waals surface area (Å²) < 4.78 is 30.9. The number of para-hydroxylation sites is 1. The molecule has 0 aliphatic carbocycles. The number of hydrogen-bond acceptors (Lipinski definition) is 3. The maximum atomic E-state index is 9.67. The number of amidine groups is 1. The highest BCUT2D eigenvalue weighted by Crippen LogP contribution is 2.08. The first-order valence-electron chi connectivity index (χ1n) is 5.95. The molecule has 0 N–H and O–H groups in total. The van der Waals surface area contributed by atoms with Crippen LogP contribution in [0.2, 0.25) is 0 Å². The highest BCUT2D eigenvalue weighted by molar-refractivity contribution is 6.33. The first kappa shape index (κ1) is 19.7. The molecular formula is C11H16BF4N5O. The third-order valence-electron chi connectivity index (χ3n) is 2.25. The van der Waals surface area contributed by atoms with Crippen LogP contribution in [-0.2, 0) is 0 Å². The lowest BCUT2D eigenvalue weighted by Gasteiger charge is -2.10. The van der Waals surface area contributed by atoms with Crippen molar-refractivity contribution in [2.75, 3.05) is 28.2 Å². The summed E-state index contributed by atoms with van der Waals surface area (Å²) in [5.41, 5.74) is 1.65. The number of nitrogens with zero attached hydrogens (tertiary/aromatic N) is 5. The summed E-state index contributed by atoms with van der Waals surface area (Å²) in [6.45, 7) is 0. The molecule has 0 unspecified atom stereocenters. The average molecular weight is 321 g/mol. The molecule has 0 aliphatic rings. The van der Waals surface area contributed by atoms with Crippen LogP contribution in [0.15, 0.2) is 24.3 Å². The van der Waals surface area contributed by atoms with E-state index in [9.17, 15) is 12.9 Å². The van der Waals surface area contributed by atoms with Crippen molar-refractivity contribution >= 4 is 24.6 Å². The fraction of sp³-hybridized carbons (Fsp3) is 0.364. The van der Waals surface area contributed by atoms with E-state index in [4.69, 9.17) is 4.84 Å². The maximum absolute atomic E-state index is 9.67. The number of halogens is 4. The first-order chi connectivity index (χ1) is 9.82. The summed E-state index contributed by atoms with van der Waals surface area (Å²) in [5, 5.41) is 8.00. The van der Waals surface area contributed by atoms with Gasteiger partial charge in [-0.25, -0.2) is 9.48 Å². The summed E-state index contributed by atoms with van der Waals surface area (Å²) >= 11 is 0. The molecule has 0 radical (unpaired) electrons. The van der Waals surface area contributed by atoms with E-state index in [0.29, 0.717) is 6.02 Å².